The molecule has 0 spiro atoms. The number of carbonyl (C=O) groups excluding carboxylic acids is 1. The van der Waals surface area contributed by atoms with Gasteiger partial charge in [0.2, 0.25) is 0 Å². The third kappa shape index (κ3) is 2.02. The van der Waals surface area contributed by atoms with E-state index in [9.17, 15) is 9.59 Å². The number of carbonyl (C=O) groups is 1. The smallest absolute Gasteiger partial charge is 0.317 e. The monoisotopic (exact) mass is 209 g/mol. The molecular weight excluding hydrogens is 194 g/mol. The fourth-order valence-corrected chi connectivity index (χ4v) is 2.01. The van der Waals surface area contributed by atoms with E-state index in [2.05, 4.69) is 15.3 Å². The molecule has 1 aromatic rings. The quantitative estimate of drug-likeness (QED) is 0.609. The van der Waals surface area contributed by atoms with Crippen molar-refractivity contribution in [2.45, 2.75) is 19.8 Å². The van der Waals surface area contributed by atoms with Crippen LogP contribution >= 0.6 is 0 Å². The van der Waals surface area contributed by atoms with E-state index in [4.69, 9.17) is 0 Å². The Balaban J connectivity index is 2.19. The molecule has 0 amide bonds. The largest absolute Gasteiger partial charge is 0.323 e. The van der Waals surface area contributed by atoms with Gasteiger partial charge in [-0.2, -0.15) is 0 Å². The number of H-pyrrole nitrogens is 2. The molecule has 2 heterocycles. The molecule has 1 aromatic heterocycles. The van der Waals surface area contributed by atoms with Gasteiger partial charge >= 0.3 is 5.69 Å². The number of aromatic amines is 2. The number of Topliss-reactive ketones (excluding diaryl/α,β-unsaturated/α-hetero) is 1. The minimum atomic E-state index is -0.301. The van der Waals surface area contributed by atoms with E-state index in [1.54, 1.807) is 6.92 Å². The van der Waals surface area contributed by atoms with Crippen LogP contribution in [-0.2, 0) is 0 Å². The van der Waals surface area contributed by atoms with Crippen molar-refractivity contribution in [3.05, 3.63) is 21.9 Å². The van der Waals surface area contributed by atoms with Gasteiger partial charge in [-0.1, -0.05) is 0 Å². The Morgan fingerprint density at radius 2 is 1.93 bits per heavy atom. The Hall–Kier alpha value is -1.36. The highest BCUT2D eigenvalue weighted by atomic mass is 16.1. The van der Waals surface area contributed by atoms with Crippen molar-refractivity contribution in [1.82, 2.24) is 15.3 Å². The minimum Gasteiger partial charge on any atom is -0.317 e. The Bertz CT molecular complexity index is 413. The van der Waals surface area contributed by atoms with Gasteiger partial charge in [0.05, 0.1) is 0 Å². The SMILES string of the molecule is Cc1[nH]c(=O)[nH]c1C(=O)C1CCNCC1. The normalized spacial score (nSPS) is 17.9. The highest BCUT2D eigenvalue weighted by Gasteiger charge is 2.24. The first kappa shape index (κ1) is 10.2. The molecule has 0 radical (unpaired) electrons. The van der Waals surface area contributed by atoms with E-state index in [-0.39, 0.29) is 17.4 Å². The number of nitrogens with one attached hydrogen (secondary N) is 3. The van der Waals surface area contributed by atoms with E-state index >= 15 is 0 Å². The van der Waals surface area contributed by atoms with Crippen LogP contribution in [0.3, 0.4) is 0 Å². The predicted molar refractivity (Wildman–Crippen MR) is 56.1 cm³/mol. The molecule has 0 aliphatic carbocycles. The van der Waals surface area contributed by atoms with Gasteiger partial charge in [0.25, 0.3) is 0 Å². The highest BCUT2D eigenvalue weighted by molar-refractivity contribution is 5.97. The fraction of sp³-hybridized carbons (Fsp3) is 0.600. The lowest BCUT2D eigenvalue weighted by Gasteiger charge is -2.20. The number of hydrogen-bond donors (Lipinski definition) is 3. The Morgan fingerprint density at radius 1 is 1.27 bits per heavy atom. The van der Waals surface area contributed by atoms with Gasteiger partial charge in [-0.3, -0.25) is 4.79 Å². The second-order valence-electron chi connectivity index (χ2n) is 3.97. The summed E-state index contributed by atoms with van der Waals surface area (Å²) in [7, 11) is 0. The summed E-state index contributed by atoms with van der Waals surface area (Å²) in [6, 6.07) is 0. The average Bonchev–Trinajstić information content (AvgIpc) is 2.58. The van der Waals surface area contributed by atoms with Crippen LogP contribution in [0.1, 0.15) is 29.0 Å². The average molecular weight is 209 g/mol. The molecule has 0 aromatic carbocycles. The number of rotatable bonds is 2. The van der Waals surface area contributed by atoms with Crippen molar-refractivity contribution in [2.24, 2.45) is 5.92 Å². The number of hydrogen-bond acceptors (Lipinski definition) is 3. The zero-order chi connectivity index (χ0) is 10.8. The lowest BCUT2D eigenvalue weighted by molar-refractivity contribution is 0.0889. The number of aryl methyl sites for hydroxylation is 1. The second kappa shape index (κ2) is 4.02. The molecule has 82 valence electrons. The first-order valence-electron chi connectivity index (χ1n) is 5.22. The Labute approximate surface area is 87.3 Å². The topological polar surface area (TPSA) is 77.8 Å². The van der Waals surface area contributed by atoms with Crippen LogP contribution in [0.2, 0.25) is 0 Å². The van der Waals surface area contributed by atoms with Gasteiger partial charge in [0.1, 0.15) is 5.69 Å². The molecule has 2 rings (SSSR count). The van der Waals surface area contributed by atoms with Crippen LogP contribution in [0, 0.1) is 12.8 Å². The summed E-state index contributed by atoms with van der Waals surface area (Å²) >= 11 is 0. The molecule has 0 bridgehead atoms. The zero-order valence-corrected chi connectivity index (χ0v) is 8.72. The number of ketones is 1. The third-order valence-electron chi connectivity index (χ3n) is 2.87. The predicted octanol–water partition coefficient (Wildman–Crippen LogP) is 0.194. The van der Waals surface area contributed by atoms with Crippen LogP contribution in [-0.4, -0.2) is 28.8 Å². The van der Waals surface area contributed by atoms with Crippen LogP contribution < -0.4 is 11.0 Å². The summed E-state index contributed by atoms with van der Waals surface area (Å²) in [5.74, 6) is 0.115. The van der Waals surface area contributed by atoms with Gasteiger partial charge < -0.3 is 15.3 Å². The minimum absolute atomic E-state index is 0.0522. The van der Waals surface area contributed by atoms with Crippen LogP contribution in [0.15, 0.2) is 4.79 Å². The van der Waals surface area contributed by atoms with E-state index < -0.39 is 0 Å². The second-order valence-corrected chi connectivity index (χ2v) is 3.97. The maximum Gasteiger partial charge on any atom is 0.323 e. The van der Waals surface area contributed by atoms with Crippen molar-refractivity contribution >= 4 is 5.78 Å². The number of piperidine rings is 1. The van der Waals surface area contributed by atoms with Crippen molar-refractivity contribution in [3.63, 3.8) is 0 Å². The molecule has 5 heteroatoms. The maximum absolute atomic E-state index is 12.0. The third-order valence-corrected chi connectivity index (χ3v) is 2.87. The maximum atomic E-state index is 12.0. The molecule has 15 heavy (non-hydrogen) atoms. The van der Waals surface area contributed by atoms with E-state index in [1.807, 2.05) is 0 Å². The van der Waals surface area contributed by atoms with Gasteiger partial charge in [-0.15, -0.1) is 0 Å². The van der Waals surface area contributed by atoms with Gasteiger partial charge in [-0.05, 0) is 32.9 Å². The molecule has 1 aliphatic rings. The van der Waals surface area contributed by atoms with E-state index in [0.29, 0.717) is 11.4 Å². The lowest BCUT2D eigenvalue weighted by Crippen LogP contribution is -2.32. The summed E-state index contributed by atoms with van der Waals surface area (Å²) in [4.78, 5) is 28.2. The standard InChI is InChI=1S/C10H15N3O2/c1-6-8(13-10(15)12-6)9(14)7-2-4-11-5-3-7/h7,11H,2-5H2,1H3,(H2,12,13,15). The summed E-state index contributed by atoms with van der Waals surface area (Å²) in [5, 5.41) is 3.21. The van der Waals surface area contributed by atoms with Crippen molar-refractivity contribution in [1.29, 1.82) is 0 Å². The molecule has 1 saturated heterocycles. The first-order chi connectivity index (χ1) is 7.18. The van der Waals surface area contributed by atoms with Crippen LogP contribution in [0.5, 0.6) is 0 Å². The fourth-order valence-electron chi connectivity index (χ4n) is 2.01. The van der Waals surface area contributed by atoms with E-state index in [1.165, 1.54) is 0 Å². The van der Waals surface area contributed by atoms with Crippen molar-refractivity contribution < 1.29 is 4.79 Å². The zero-order valence-electron chi connectivity index (χ0n) is 8.72. The molecule has 5 nitrogen and oxygen atoms in total. The van der Waals surface area contributed by atoms with Gasteiger partial charge in [-0.25, -0.2) is 4.79 Å². The molecule has 0 atom stereocenters. The number of imidazole rings is 1. The summed E-state index contributed by atoms with van der Waals surface area (Å²) < 4.78 is 0. The van der Waals surface area contributed by atoms with Crippen molar-refractivity contribution in [3.8, 4) is 0 Å². The van der Waals surface area contributed by atoms with Crippen molar-refractivity contribution in [2.75, 3.05) is 13.1 Å². The van der Waals surface area contributed by atoms with Gasteiger partial charge in [0.15, 0.2) is 5.78 Å². The highest BCUT2D eigenvalue weighted by Crippen LogP contribution is 2.17. The summed E-state index contributed by atoms with van der Waals surface area (Å²) in [5.41, 5.74) is 0.792. The molecular formula is C10H15N3O2. The van der Waals surface area contributed by atoms with E-state index in [0.717, 1.165) is 25.9 Å². The molecule has 3 N–H and O–H groups in total. The molecule has 0 unspecified atom stereocenters. The molecule has 0 saturated carbocycles. The number of aromatic nitrogens is 2. The Kier molecular flexibility index (Phi) is 2.73. The summed E-state index contributed by atoms with van der Waals surface area (Å²) in [6.07, 6.45) is 1.71. The van der Waals surface area contributed by atoms with Crippen LogP contribution in [0.25, 0.3) is 0 Å². The Morgan fingerprint density at radius 3 is 2.47 bits per heavy atom. The summed E-state index contributed by atoms with van der Waals surface area (Å²) in [6.45, 7) is 3.50. The van der Waals surface area contributed by atoms with Gasteiger partial charge in [0, 0.05) is 11.6 Å². The first-order valence-corrected chi connectivity index (χ1v) is 5.22. The molecule has 1 aliphatic heterocycles. The molecule has 1 fully saturated rings. The lowest BCUT2D eigenvalue weighted by atomic mass is 9.91. The van der Waals surface area contributed by atoms with Crippen LogP contribution in [0.4, 0.5) is 0 Å².